The molecule has 0 saturated heterocycles. The third-order valence-electron chi connectivity index (χ3n) is 4.58. The summed E-state index contributed by atoms with van der Waals surface area (Å²) in [5.74, 6) is -1.36. The van der Waals surface area contributed by atoms with Crippen LogP contribution < -0.4 is 5.73 Å². The molecule has 0 aliphatic heterocycles. The smallest absolute Gasteiger partial charge is 0.337 e. The van der Waals surface area contributed by atoms with E-state index in [0.29, 0.717) is 40.9 Å². The summed E-state index contributed by atoms with van der Waals surface area (Å²) >= 11 is 0. The summed E-state index contributed by atoms with van der Waals surface area (Å²) in [5.41, 5.74) is 9.28. The van der Waals surface area contributed by atoms with E-state index in [9.17, 15) is 14.4 Å². The molecule has 2 aromatic rings. The monoisotopic (exact) mass is 384 g/mol. The quantitative estimate of drug-likeness (QED) is 0.557. The number of aromatic nitrogens is 1. The molecule has 0 aliphatic rings. The molecule has 0 spiro atoms. The van der Waals surface area contributed by atoms with Gasteiger partial charge in [-0.3, -0.25) is 9.59 Å². The third-order valence-corrected chi connectivity index (χ3v) is 4.58. The Morgan fingerprint density at radius 1 is 1.14 bits per heavy atom. The fourth-order valence-corrected chi connectivity index (χ4v) is 3.26. The third kappa shape index (κ3) is 4.14. The molecule has 148 valence electrons. The van der Waals surface area contributed by atoms with E-state index in [1.807, 2.05) is 4.57 Å². The van der Waals surface area contributed by atoms with Gasteiger partial charge in [0.1, 0.15) is 0 Å². The van der Waals surface area contributed by atoms with Gasteiger partial charge in [-0.2, -0.15) is 0 Å². The van der Waals surface area contributed by atoms with E-state index in [2.05, 4.69) is 6.58 Å². The van der Waals surface area contributed by atoms with Crippen molar-refractivity contribution in [2.24, 2.45) is 5.73 Å². The number of amides is 1. The minimum atomic E-state index is -0.563. The lowest BCUT2D eigenvalue weighted by molar-refractivity contribution is -0.140. The maximum absolute atomic E-state index is 12.2. The molecule has 0 saturated carbocycles. The van der Waals surface area contributed by atoms with Crippen molar-refractivity contribution < 1.29 is 23.9 Å². The predicted molar refractivity (Wildman–Crippen MR) is 105 cm³/mol. The zero-order valence-corrected chi connectivity index (χ0v) is 16.3. The molecule has 7 nitrogen and oxygen atoms in total. The second kappa shape index (κ2) is 9.03. The Morgan fingerprint density at radius 3 is 2.29 bits per heavy atom. The van der Waals surface area contributed by atoms with Crippen LogP contribution in [0.2, 0.25) is 0 Å². The minimum absolute atomic E-state index is 0.155. The molecular weight excluding hydrogens is 360 g/mol. The SMILES string of the molecule is C=CCn1c(C)c(C(N)=O)c(-c2ccc(C(=O)OC)cc2)c1CCC(=O)OC. The van der Waals surface area contributed by atoms with Crippen molar-refractivity contribution in [1.82, 2.24) is 4.57 Å². The molecule has 1 amide bonds. The lowest BCUT2D eigenvalue weighted by atomic mass is 9.97. The van der Waals surface area contributed by atoms with Gasteiger partial charge in [0, 0.05) is 23.5 Å². The number of carbonyl (C=O) groups excluding carboxylic acids is 3. The first-order valence-corrected chi connectivity index (χ1v) is 8.73. The van der Waals surface area contributed by atoms with Gasteiger partial charge < -0.3 is 19.8 Å². The van der Waals surface area contributed by atoms with Gasteiger partial charge in [-0.15, -0.1) is 6.58 Å². The number of primary amides is 1. The van der Waals surface area contributed by atoms with E-state index in [-0.39, 0.29) is 12.4 Å². The highest BCUT2D eigenvalue weighted by molar-refractivity contribution is 6.02. The number of rotatable bonds is 8. The highest BCUT2D eigenvalue weighted by Gasteiger charge is 2.25. The lowest BCUT2D eigenvalue weighted by Crippen LogP contribution is -2.13. The van der Waals surface area contributed by atoms with Gasteiger partial charge in [-0.05, 0) is 31.0 Å². The van der Waals surface area contributed by atoms with Crippen LogP contribution >= 0.6 is 0 Å². The van der Waals surface area contributed by atoms with Crippen LogP contribution in [0.3, 0.4) is 0 Å². The number of methoxy groups -OCH3 is 2. The molecule has 0 aliphatic carbocycles. The summed E-state index contributed by atoms with van der Waals surface area (Å²) in [5, 5.41) is 0. The molecule has 0 bridgehead atoms. The van der Waals surface area contributed by atoms with Crippen LogP contribution in [0.5, 0.6) is 0 Å². The largest absolute Gasteiger partial charge is 0.469 e. The van der Waals surface area contributed by atoms with Crippen molar-refractivity contribution in [3.63, 3.8) is 0 Å². The van der Waals surface area contributed by atoms with Crippen molar-refractivity contribution in [2.75, 3.05) is 14.2 Å². The zero-order valence-electron chi connectivity index (χ0n) is 16.3. The summed E-state index contributed by atoms with van der Waals surface area (Å²) in [4.78, 5) is 35.6. The average molecular weight is 384 g/mol. The maximum atomic E-state index is 12.2. The van der Waals surface area contributed by atoms with Crippen molar-refractivity contribution in [1.29, 1.82) is 0 Å². The number of hydrogen-bond acceptors (Lipinski definition) is 5. The number of esters is 2. The van der Waals surface area contributed by atoms with E-state index < -0.39 is 11.9 Å². The molecule has 0 fully saturated rings. The van der Waals surface area contributed by atoms with E-state index in [1.54, 1.807) is 37.3 Å². The summed E-state index contributed by atoms with van der Waals surface area (Å²) in [6.45, 7) is 6.03. The average Bonchev–Trinajstić information content (AvgIpc) is 2.97. The number of ether oxygens (including phenoxy) is 2. The molecule has 7 heteroatoms. The summed E-state index contributed by atoms with van der Waals surface area (Å²) in [6, 6.07) is 6.70. The lowest BCUT2D eigenvalue weighted by Gasteiger charge is -2.11. The summed E-state index contributed by atoms with van der Waals surface area (Å²) in [6.07, 6.45) is 2.23. The van der Waals surface area contributed by atoms with Crippen molar-refractivity contribution in [3.8, 4) is 11.1 Å². The number of benzene rings is 1. The molecular formula is C21H24N2O5. The molecule has 0 radical (unpaired) electrons. The maximum Gasteiger partial charge on any atom is 0.337 e. The first-order chi connectivity index (χ1) is 13.3. The van der Waals surface area contributed by atoms with Crippen LogP contribution in [0.15, 0.2) is 36.9 Å². The number of carbonyl (C=O) groups is 3. The summed E-state index contributed by atoms with van der Waals surface area (Å²) < 4.78 is 11.4. The van der Waals surface area contributed by atoms with Gasteiger partial charge in [-0.1, -0.05) is 18.2 Å². The van der Waals surface area contributed by atoms with Crippen LogP contribution in [0.25, 0.3) is 11.1 Å². The molecule has 1 aromatic carbocycles. The van der Waals surface area contributed by atoms with Gasteiger partial charge in [0.15, 0.2) is 0 Å². The molecule has 0 unspecified atom stereocenters. The molecule has 2 N–H and O–H groups in total. The van der Waals surface area contributed by atoms with Crippen molar-refractivity contribution in [3.05, 3.63) is 59.4 Å². The van der Waals surface area contributed by atoms with Gasteiger partial charge in [0.05, 0.1) is 31.8 Å². The Morgan fingerprint density at radius 2 is 1.79 bits per heavy atom. The fraction of sp³-hybridized carbons (Fsp3) is 0.286. The Kier molecular flexibility index (Phi) is 6.76. The number of hydrogen-bond donors (Lipinski definition) is 1. The van der Waals surface area contributed by atoms with Crippen LogP contribution in [0.4, 0.5) is 0 Å². The van der Waals surface area contributed by atoms with Crippen LogP contribution in [-0.2, 0) is 27.2 Å². The first-order valence-electron chi connectivity index (χ1n) is 8.73. The Labute approximate surface area is 163 Å². The summed E-state index contributed by atoms with van der Waals surface area (Å²) in [7, 11) is 2.64. The van der Waals surface area contributed by atoms with E-state index in [4.69, 9.17) is 15.2 Å². The number of allylic oxidation sites excluding steroid dienone is 1. The Balaban J connectivity index is 2.66. The normalized spacial score (nSPS) is 10.4. The number of nitrogens with two attached hydrogens (primary N) is 1. The van der Waals surface area contributed by atoms with Gasteiger partial charge in [-0.25, -0.2) is 4.79 Å². The van der Waals surface area contributed by atoms with Crippen molar-refractivity contribution >= 4 is 17.8 Å². The molecule has 0 atom stereocenters. The molecule has 28 heavy (non-hydrogen) atoms. The topological polar surface area (TPSA) is 101 Å². The second-order valence-electron chi connectivity index (χ2n) is 6.19. The molecule has 1 aromatic heterocycles. The van der Waals surface area contributed by atoms with Gasteiger partial charge >= 0.3 is 11.9 Å². The fourth-order valence-electron chi connectivity index (χ4n) is 3.26. The molecule has 2 rings (SSSR count). The Bertz CT molecular complexity index is 910. The number of nitrogens with zero attached hydrogens (tertiary/aromatic N) is 1. The van der Waals surface area contributed by atoms with Gasteiger partial charge in [0.2, 0.25) is 0 Å². The highest BCUT2D eigenvalue weighted by Crippen LogP contribution is 2.34. The Hall–Kier alpha value is -3.35. The second-order valence-corrected chi connectivity index (χ2v) is 6.19. The van der Waals surface area contributed by atoms with Crippen LogP contribution in [0, 0.1) is 6.92 Å². The predicted octanol–water partition coefficient (Wildman–Crippen LogP) is 2.64. The standard InChI is InChI=1S/C21H24N2O5/c1-5-12-23-13(2)18(20(22)25)19(16(23)10-11-17(24)27-3)14-6-8-15(9-7-14)21(26)28-4/h5-9H,1,10-12H2,2-4H3,(H2,22,25). The molecule has 1 heterocycles. The minimum Gasteiger partial charge on any atom is -0.469 e. The van der Waals surface area contributed by atoms with Crippen LogP contribution in [0.1, 0.15) is 38.5 Å². The van der Waals surface area contributed by atoms with Crippen LogP contribution in [-0.4, -0.2) is 36.6 Å². The van der Waals surface area contributed by atoms with E-state index in [1.165, 1.54) is 14.2 Å². The van der Waals surface area contributed by atoms with E-state index >= 15 is 0 Å². The first kappa shape index (κ1) is 21.0. The van der Waals surface area contributed by atoms with Crippen molar-refractivity contribution in [2.45, 2.75) is 26.3 Å². The highest BCUT2D eigenvalue weighted by atomic mass is 16.5. The zero-order chi connectivity index (χ0) is 20.8. The van der Waals surface area contributed by atoms with E-state index in [0.717, 1.165) is 5.69 Å². The van der Waals surface area contributed by atoms with Gasteiger partial charge in [0.25, 0.3) is 5.91 Å².